The van der Waals surface area contributed by atoms with Crippen LogP contribution in [0.2, 0.25) is 0 Å². The second-order valence-corrected chi connectivity index (χ2v) is 11.3. The molecule has 4 aromatic carbocycles. The van der Waals surface area contributed by atoms with Gasteiger partial charge in [0.2, 0.25) is 11.8 Å². The number of carbonyl (C=O) groups is 3. The van der Waals surface area contributed by atoms with E-state index in [1.807, 2.05) is 106 Å². The normalized spacial score (nSPS) is 13.7. The zero-order chi connectivity index (χ0) is 29.6. The topological polar surface area (TPSA) is 69.7 Å². The molecule has 6 heteroatoms. The molecule has 0 unspecified atom stereocenters. The molecule has 0 radical (unpaired) electrons. The van der Waals surface area contributed by atoms with Gasteiger partial charge in [-0.15, -0.1) is 0 Å². The van der Waals surface area contributed by atoms with Gasteiger partial charge < -0.3 is 15.1 Å². The second-order valence-electron chi connectivity index (χ2n) is 11.3. The molecule has 1 aliphatic rings. The maximum absolute atomic E-state index is 14.0. The van der Waals surface area contributed by atoms with Crippen molar-refractivity contribution in [2.24, 2.45) is 0 Å². The number of amides is 3. The Bertz CT molecular complexity index is 1580. The first-order valence-corrected chi connectivity index (χ1v) is 14.9. The summed E-state index contributed by atoms with van der Waals surface area (Å²) in [6, 6.07) is 29.0. The smallest absolute Gasteiger partial charge is 0.258 e. The maximum atomic E-state index is 14.0. The van der Waals surface area contributed by atoms with E-state index in [4.69, 9.17) is 0 Å². The molecule has 4 aromatic rings. The molecule has 3 amide bonds. The van der Waals surface area contributed by atoms with Crippen LogP contribution in [0, 0.1) is 6.92 Å². The molecule has 6 nitrogen and oxygen atoms in total. The summed E-state index contributed by atoms with van der Waals surface area (Å²) in [6.07, 6.45) is 1.94. The van der Waals surface area contributed by atoms with Crippen LogP contribution in [0.15, 0.2) is 91.0 Å². The van der Waals surface area contributed by atoms with E-state index >= 15 is 0 Å². The average Bonchev–Trinajstić information content (AvgIpc) is 3.27. The van der Waals surface area contributed by atoms with Crippen LogP contribution < -0.4 is 10.2 Å². The highest BCUT2D eigenvalue weighted by Gasteiger charge is 2.32. The number of rotatable bonds is 12. The van der Waals surface area contributed by atoms with E-state index < -0.39 is 6.04 Å². The minimum absolute atomic E-state index is 0.00258. The fraction of sp³-hybridized carbons (Fsp3) is 0.306. The molecule has 1 aliphatic heterocycles. The molecule has 0 fully saturated rings. The largest absolute Gasteiger partial charge is 0.352 e. The molecule has 1 N–H and O–H groups in total. The molecule has 0 saturated carbocycles. The van der Waals surface area contributed by atoms with Gasteiger partial charge >= 0.3 is 0 Å². The Balaban J connectivity index is 1.38. The van der Waals surface area contributed by atoms with Crippen LogP contribution >= 0.6 is 0 Å². The fourth-order valence-electron chi connectivity index (χ4n) is 5.74. The molecule has 1 heterocycles. The summed E-state index contributed by atoms with van der Waals surface area (Å²) in [6.45, 7) is 6.80. The lowest BCUT2D eigenvalue weighted by atomic mass is 10.0. The summed E-state index contributed by atoms with van der Waals surface area (Å²) in [5.41, 5.74) is 4.68. The van der Waals surface area contributed by atoms with Gasteiger partial charge in [-0.3, -0.25) is 14.4 Å². The van der Waals surface area contributed by atoms with E-state index in [9.17, 15) is 14.4 Å². The lowest BCUT2D eigenvalue weighted by molar-refractivity contribution is -0.141. The number of anilines is 1. The van der Waals surface area contributed by atoms with E-state index in [1.165, 1.54) is 0 Å². The molecular weight excluding hydrogens is 522 g/mol. The van der Waals surface area contributed by atoms with Crippen molar-refractivity contribution in [3.63, 3.8) is 0 Å². The molecule has 0 saturated heterocycles. The third-order valence-corrected chi connectivity index (χ3v) is 8.13. The van der Waals surface area contributed by atoms with Gasteiger partial charge in [-0.1, -0.05) is 91.3 Å². The Hall–Kier alpha value is -4.45. The number of aryl methyl sites for hydroxylation is 1. The van der Waals surface area contributed by atoms with Gasteiger partial charge in [-0.2, -0.15) is 0 Å². The molecule has 0 aromatic heterocycles. The molecular formula is C36H39N3O3. The van der Waals surface area contributed by atoms with E-state index in [0.717, 1.165) is 39.6 Å². The van der Waals surface area contributed by atoms with Crippen molar-refractivity contribution in [3.8, 4) is 0 Å². The summed E-state index contributed by atoms with van der Waals surface area (Å²) in [7, 11) is 0. The summed E-state index contributed by atoms with van der Waals surface area (Å²) >= 11 is 0. The number of nitrogens with one attached hydrogen (secondary N) is 1. The van der Waals surface area contributed by atoms with Gasteiger partial charge in [0.15, 0.2) is 0 Å². The van der Waals surface area contributed by atoms with Crippen molar-refractivity contribution < 1.29 is 14.4 Å². The SMILES string of the molecule is CC[C@@H](C)NC(=O)[C@H](Cc1ccccc1)N(Cc1cccc(C)c1)C(=O)CCCN1C(=O)c2cccc3cccc1c23. The fourth-order valence-corrected chi connectivity index (χ4v) is 5.74. The minimum Gasteiger partial charge on any atom is -0.352 e. The van der Waals surface area contributed by atoms with Crippen molar-refractivity contribution in [1.82, 2.24) is 10.2 Å². The van der Waals surface area contributed by atoms with Gasteiger partial charge in [0.05, 0.1) is 5.69 Å². The minimum atomic E-state index is -0.666. The van der Waals surface area contributed by atoms with E-state index in [2.05, 4.69) is 11.4 Å². The van der Waals surface area contributed by atoms with Gasteiger partial charge in [0.1, 0.15) is 6.04 Å². The van der Waals surface area contributed by atoms with Crippen LogP contribution in [0.5, 0.6) is 0 Å². The number of carbonyl (C=O) groups excluding carboxylic acids is 3. The first-order valence-electron chi connectivity index (χ1n) is 14.9. The zero-order valence-corrected chi connectivity index (χ0v) is 24.7. The van der Waals surface area contributed by atoms with Crippen molar-refractivity contribution >= 4 is 34.2 Å². The highest BCUT2D eigenvalue weighted by atomic mass is 16.2. The van der Waals surface area contributed by atoms with Crippen LogP contribution in [0.3, 0.4) is 0 Å². The van der Waals surface area contributed by atoms with E-state index in [-0.39, 0.29) is 30.2 Å². The van der Waals surface area contributed by atoms with Crippen molar-refractivity contribution in [3.05, 3.63) is 113 Å². The Morgan fingerprint density at radius 1 is 0.905 bits per heavy atom. The number of benzene rings is 4. The van der Waals surface area contributed by atoms with Crippen LogP contribution in [-0.2, 0) is 22.6 Å². The second kappa shape index (κ2) is 13.0. The van der Waals surface area contributed by atoms with Crippen LogP contribution in [0.4, 0.5) is 5.69 Å². The van der Waals surface area contributed by atoms with E-state index in [0.29, 0.717) is 31.5 Å². The number of hydrogen-bond donors (Lipinski definition) is 1. The molecule has 0 aliphatic carbocycles. The Morgan fingerprint density at radius 2 is 1.62 bits per heavy atom. The van der Waals surface area contributed by atoms with Crippen LogP contribution in [0.25, 0.3) is 10.8 Å². The molecule has 2 atom stereocenters. The number of hydrogen-bond acceptors (Lipinski definition) is 3. The first-order chi connectivity index (χ1) is 20.4. The third kappa shape index (κ3) is 6.38. The molecule has 0 spiro atoms. The molecule has 216 valence electrons. The van der Waals surface area contributed by atoms with Gasteiger partial charge in [0.25, 0.3) is 5.91 Å². The quantitative estimate of drug-likeness (QED) is 0.216. The Kier molecular flexibility index (Phi) is 9.01. The molecule has 0 bridgehead atoms. The summed E-state index contributed by atoms with van der Waals surface area (Å²) in [5, 5.41) is 5.14. The van der Waals surface area contributed by atoms with Gasteiger partial charge in [-0.05, 0) is 55.3 Å². The lowest BCUT2D eigenvalue weighted by Gasteiger charge is -2.32. The monoisotopic (exact) mass is 561 g/mol. The predicted molar refractivity (Wildman–Crippen MR) is 168 cm³/mol. The van der Waals surface area contributed by atoms with Crippen molar-refractivity contribution in [2.75, 3.05) is 11.4 Å². The Labute approximate surface area is 248 Å². The van der Waals surface area contributed by atoms with Gasteiger partial charge in [0, 0.05) is 42.9 Å². The molecule has 5 rings (SSSR count). The van der Waals surface area contributed by atoms with Gasteiger partial charge in [-0.25, -0.2) is 0 Å². The summed E-state index contributed by atoms with van der Waals surface area (Å²) in [5.74, 6) is -0.272. The summed E-state index contributed by atoms with van der Waals surface area (Å²) in [4.78, 5) is 44.5. The predicted octanol–water partition coefficient (Wildman–Crippen LogP) is 6.44. The number of nitrogens with zero attached hydrogens (tertiary/aromatic N) is 2. The highest BCUT2D eigenvalue weighted by Crippen LogP contribution is 2.37. The van der Waals surface area contributed by atoms with Crippen molar-refractivity contribution in [2.45, 2.75) is 65.1 Å². The first kappa shape index (κ1) is 29.1. The van der Waals surface area contributed by atoms with Crippen LogP contribution in [-0.4, -0.2) is 41.2 Å². The summed E-state index contributed by atoms with van der Waals surface area (Å²) < 4.78 is 0. The molecule has 42 heavy (non-hydrogen) atoms. The third-order valence-electron chi connectivity index (χ3n) is 8.13. The van der Waals surface area contributed by atoms with E-state index in [1.54, 1.807) is 9.80 Å². The van der Waals surface area contributed by atoms with Crippen molar-refractivity contribution in [1.29, 1.82) is 0 Å². The Morgan fingerprint density at radius 3 is 2.36 bits per heavy atom. The lowest BCUT2D eigenvalue weighted by Crippen LogP contribution is -2.52. The maximum Gasteiger partial charge on any atom is 0.258 e. The zero-order valence-electron chi connectivity index (χ0n) is 24.7. The van der Waals surface area contributed by atoms with Crippen LogP contribution in [0.1, 0.15) is 60.2 Å². The standard InChI is InChI=1S/C36H39N3O3/c1-4-26(3)37-35(41)32(23-27-13-6-5-7-14-27)39(24-28-15-8-12-25(2)22-28)33(40)20-11-21-38-31-19-10-17-29-16-9-18-30(34(29)31)36(38)42/h5-10,12-19,22,26,32H,4,11,20-21,23-24H2,1-3H3,(H,37,41)/t26-,32+/m1/s1. The highest BCUT2D eigenvalue weighted by molar-refractivity contribution is 6.25. The average molecular weight is 562 g/mol.